The average Bonchev–Trinajstić information content (AvgIpc) is 2.68. The number of nitrogens with zero attached hydrogens (tertiary/aromatic N) is 2. The molecule has 1 heterocycles. The zero-order valence-corrected chi connectivity index (χ0v) is 8.69. The van der Waals surface area contributed by atoms with E-state index in [2.05, 4.69) is 5.29 Å². The number of hydrogen-bond acceptors (Lipinski definition) is 3. The van der Waals surface area contributed by atoms with Crippen LogP contribution < -0.4 is 0 Å². The second-order valence-corrected chi connectivity index (χ2v) is 4.67. The van der Waals surface area contributed by atoms with Crippen LogP contribution in [-0.2, 0) is 4.79 Å². The molecule has 0 bridgehead atoms. The monoisotopic (exact) mass is 212 g/mol. The van der Waals surface area contributed by atoms with Gasteiger partial charge in [0, 0.05) is 0 Å². The van der Waals surface area contributed by atoms with Gasteiger partial charge in [0.15, 0.2) is 0 Å². The zero-order valence-electron chi connectivity index (χ0n) is 8.69. The number of carboxylic acid groups (broad SMARTS) is 1. The maximum Gasteiger partial charge on any atom is 0.308 e. The van der Waals surface area contributed by atoms with Gasteiger partial charge < -0.3 is 5.11 Å². The molecule has 1 aliphatic carbocycles. The van der Waals surface area contributed by atoms with Gasteiger partial charge in [-0.15, -0.1) is 4.91 Å². The molecule has 5 heteroatoms. The molecule has 5 nitrogen and oxygen atoms in total. The quantitative estimate of drug-likeness (QED) is 0.708. The molecule has 1 saturated carbocycles. The average molecular weight is 212 g/mol. The Morgan fingerprint density at radius 2 is 2.00 bits per heavy atom. The molecule has 1 N–H and O–H groups in total. The molecule has 2 rings (SSSR count). The molecule has 2 aliphatic rings. The molecular weight excluding hydrogens is 196 g/mol. The fourth-order valence-corrected chi connectivity index (χ4v) is 2.93. The molecule has 84 valence electrons. The standard InChI is InChI=1S/C10H16N2O3/c13-9(14)8-3-6-10(4-1-2-5-10)12(7-8)11-15/h8H,1-7H2,(H,13,14). The van der Waals surface area contributed by atoms with Crippen molar-refractivity contribution in [1.82, 2.24) is 5.01 Å². The Bertz CT molecular complexity index is 274. The second kappa shape index (κ2) is 3.79. The van der Waals surface area contributed by atoms with Gasteiger partial charge in [-0.25, -0.2) is 0 Å². The van der Waals surface area contributed by atoms with Crippen LogP contribution in [0.4, 0.5) is 0 Å². The summed E-state index contributed by atoms with van der Waals surface area (Å²) in [6.07, 6.45) is 5.72. The van der Waals surface area contributed by atoms with Gasteiger partial charge in [-0.1, -0.05) is 12.8 Å². The summed E-state index contributed by atoms with van der Waals surface area (Å²) in [4.78, 5) is 21.6. The second-order valence-electron chi connectivity index (χ2n) is 4.67. The van der Waals surface area contributed by atoms with E-state index in [0.717, 1.165) is 32.1 Å². The number of carboxylic acids is 1. The van der Waals surface area contributed by atoms with Crippen LogP contribution in [0.5, 0.6) is 0 Å². The maximum atomic E-state index is 10.8. The third-order valence-corrected chi connectivity index (χ3v) is 3.88. The van der Waals surface area contributed by atoms with Crippen LogP contribution in [0.15, 0.2) is 5.29 Å². The molecule has 0 radical (unpaired) electrons. The van der Waals surface area contributed by atoms with Crippen LogP contribution in [-0.4, -0.2) is 28.2 Å². The molecule has 0 aromatic rings. The van der Waals surface area contributed by atoms with Crippen LogP contribution in [0, 0.1) is 10.8 Å². The molecule has 1 atom stereocenters. The van der Waals surface area contributed by atoms with Crippen molar-refractivity contribution in [3.63, 3.8) is 0 Å². The molecule has 0 amide bonds. The highest BCUT2D eigenvalue weighted by Crippen LogP contribution is 2.43. The normalized spacial score (nSPS) is 29.3. The molecule has 1 saturated heterocycles. The van der Waals surface area contributed by atoms with Gasteiger partial charge in [0.05, 0.1) is 23.3 Å². The first-order chi connectivity index (χ1) is 7.18. The van der Waals surface area contributed by atoms with Gasteiger partial charge in [0.1, 0.15) is 0 Å². The van der Waals surface area contributed by atoms with Gasteiger partial charge in [-0.2, -0.15) is 0 Å². The molecule has 0 aromatic heterocycles. The number of aliphatic carboxylic acids is 1. The minimum Gasteiger partial charge on any atom is -0.481 e. The van der Waals surface area contributed by atoms with E-state index in [1.807, 2.05) is 0 Å². The van der Waals surface area contributed by atoms with Crippen LogP contribution in [0.25, 0.3) is 0 Å². The van der Waals surface area contributed by atoms with Crippen molar-refractivity contribution in [3.05, 3.63) is 4.91 Å². The Kier molecular flexibility index (Phi) is 2.63. The predicted octanol–water partition coefficient (Wildman–Crippen LogP) is 1.78. The van der Waals surface area contributed by atoms with Crippen molar-refractivity contribution >= 4 is 5.97 Å². The number of hydrogen-bond donors (Lipinski definition) is 1. The van der Waals surface area contributed by atoms with Crippen molar-refractivity contribution < 1.29 is 9.90 Å². The summed E-state index contributed by atoms with van der Waals surface area (Å²) in [7, 11) is 0. The lowest BCUT2D eigenvalue weighted by Gasteiger charge is -2.42. The lowest BCUT2D eigenvalue weighted by molar-refractivity contribution is -0.145. The molecule has 1 spiro atoms. The maximum absolute atomic E-state index is 10.8. The number of rotatable bonds is 2. The van der Waals surface area contributed by atoms with Gasteiger partial charge in [-0.3, -0.25) is 9.80 Å². The van der Waals surface area contributed by atoms with Gasteiger partial charge in [0.25, 0.3) is 0 Å². The largest absolute Gasteiger partial charge is 0.481 e. The summed E-state index contributed by atoms with van der Waals surface area (Å²) in [5, 5.41) is 13.5. The third kappa shape index (κ3) is 1.70. The highest BCUT2D eigenvalue weighted by molar-refractivity contribution is 5.70. The lowest BCUT2D eigenvalue weighted by Crippen LogP contribution is -2.50. The third-order valence-electron chi connectivity index (χ3n) is 3.88. The fourth-order valence-electron chi connectivity index (χ4n) is 2.93. The van der Waals surface area contributed by atoms with Crippen molar-refractivity contribution in [2.45, 2.75) is 44.1 Å². The van der Waals surface area contributed by atoms with E-state index in [-0.39, 0.29) is 5.54 Å². The molecule has 15 heavy (non-hydrogen) atoms. The van der Waals surface area contributed by atoms with E-state index < -0.39 is 11.9 Å². The van der Waals surface area contributed by atoms with E-state index >= 15 is 0 Å². The Balaban J connectivity index is 2.10. The molecule has 0 aromatic carbocycles. The van der Waals surface area contributed by atoms with Gasteiger partial charge in [0.2, 0.25) is 0 Å². The highest BCUT2D eigenvalue weighted by atomic mass is 16.4. The molecule has 1 aliphatic heterocycles. The minimum absolute atomic E-state index is 0.103. The number of nitroso groups, excluding NO2 is 1. The van der Waals surface area contributed by atoms with Crippen LogP contribution in [0.2, 0.25) is 0 Å². The number of piperidine rings is 1. The first-order valence-corrected chi connectivity index (χ1v) is 5.52. The lowest BCUT2D eigenvalue weighted by atomic mass is 9.82. The molecular formula is C10H16N2O3. The fraction of sp³-hybridized carbons (Fsp3) is 0.900. The first-order valence-electron chi connectivity index (χ1n) is 5.52. The van der Waals surface area contributed by atoms with E-state index in [0.29, 0.717) is 13.0 Å². The van der Waals surface area contributed by atoms with Crippen LogP contribution in [0.3, 0.4) is 0 Å². The number of carbonyl (C=O) groups is 1. The van der Waals surface area contributed by atoms with Crippen molar-refractivity contribution in [2.75, 3.05) is 6.54 Å². The summed E-state index contributed by atoms with van der Waals surface area (Å²) in [6.45, 7) is 0.291. The Morgan fingerprint density at radius 3 is 2.53 bits per heavy atom. The van der Waals surface area contributed by atoms with Crippen molar-refractivity contribution in [1.29, 1.82) is 0 Å². The van der Waals surface area contributed by atoms with Crippen molar-refractivity contribution in [3.8, 4) is 0 Å². The molecule has 1 unspecified atom stereocenters. The Hall–Kier alpha value is -1.13. The van der Waals surface area contributed by atoms with E-state index in [9.17, 15) is 9.70 Å². The minimum atomic E-state index is -0.809. The van der Waals surface area contributed by atoms with Crippen molar-refractivity contribution in [2.24, 2.45) is 11.2 Å². The van der Waals surface area contributed by atoms with Crippen LogP contribution in [0.1, 0.15) is 38.5 Å². The van der Waals surface area contributed by atoms with E-state index in [1.54, 1.807) is 0 Å². The zero-order chi connectivity index (χ0) is 10.9. The summed E-state index contributed by atoms with van der Waals surface area (Å²) < 4.78 is 0. The predicted molar refractivity (Wildman–Crippen MR) is 54.1 cm³/mol. The van der Waals surface area contributed by atoms with E-state index in [1.165, 1.54) is 5.01 Å². The SMILES string of the molecule is O=NN1CC(C(=O)O)CCC12CCCC2. The smallest absolute Gasteiger partial charge is 0.308 e. The summed E-state index contributed by atoms with van der Waals surface area (Å²) in [5.41, 5.74) is -0.103. The van der Waals surface area contributed by atoms with E-state index in [4.69, 9.17) is 5.11 Å². The summed E-state index contributed by atoms with van der Waals surface area (Å²) in [5.74, 6) is -1.23. The highest BCUT2D eigenvalue weighted by Gasteiger charge is 2.45. The topological polar surface area (TPSA) is 70.0 Å². The Labute approximate surface area is 88.4 Å². The summed E-state index contributed by atoms with van der Waals surface area (Å²) in [6, 6.07) is 0. The van der Waals surface area contributed by atoms with Gasteiger partial charge >= 0.3 is 5.97 Å². The van der Waals surface area contributed by atoms with Gasteiger partial charge in [-0.05, 0) is 25.7 Å². The first kappa shape index (κ1) is 10.4. The molecule has 2 fully saturated rings. The van der Waals surface area contributed by atoms with Crippen LogP contribution >= 0.6 is 0 Å². The summed E-state index contributed by atoms with van der Waals surface area (Å²) >= 11 is 0. The Morgan fingerprint density at radius 1 is 1.33 bits per heavy atom.